The Morgan fingerprint density at radius 1 is 1.38 bits per heavy atom. The molecule has 1 atom stereocenters. The van der Waals surface area contributed by atoms with Crippen LogP contribution >= 0.6 is 0 Å². The van der Waals surface area contributed by atoms with Crippen molar-refractivity contribution in [2.24, 2.45) is 5.73 Å². The molecule has 2 rings (SSSR count). The van der Waals surface area contributed by atoms with Crippen molar-refractivity contribution in [1.82, 2.24) is 9.97 Å². The normalized spacial score (nSPS) is 12.7. The Morgan fingerprint density at radius 2 is 2.06 bits per heavy atom. The minimum Gasteiger partial charge on any atom is -0.469 e. The summed E-state index contributed by atoms with van der Waals surface area (Å²) in [6, 6.07) is 2.00. The molecule has 0 aliphatic heterocycles. The number of nitrogens with two attached hydrogens (primary N) is 1. The summed E-state index contributed by atoms with van der Waals surface area (Å²) in [5.74, 6) is 1.53. The van der Waals surface area contributed by atoms with Gasteiger partial charge in [-0.1, -0.05) is 0 Å². The highest BCUT2D eigenvalue weighted by Crippen LogP contribution is 2.19. The van der Waals surface area contributed by atoms with Gasteiger partial charge in [0.05, 0.1) is 11.8 Å². The summed E-state index contributed by atoms with van der Waals surface area (Å²) in [7, 11) is 0. The van der Waals surface area contributed by atoms with Gasteiger partial charge in [0.1, 0.15) is 5.76 Å². The zero-order valence-electron chi connectivity index (χ0n) is 9.47. The first-order valence-corrected chi connectivity index (χ1v) is 5.28. The van der Waals surface area contributed by atoms with Crippen molar-refractivity contribution >= 4 is 0 Å². The number of aryl methyl sites for hydroxylation is 1. The molecule has 0 saturated carbocycles. The lowest BCUT2D eigenvalue weighted by Gasteiger charge is -2.04. The van der Waals surface area contributed by atoms with Gasteiger partial charge in [0, 0.05) is 18.4 Å². The van der Waals surface area contributed by atoms with Crippen LogP contribution < -0.4 is 5.73 Å². The first kappa shape index (κ1) is 10.8. The number of nitrogens with zero attached hydrogens (tertiary/aromatic N) is 2. The molecule has 0 aliphatic carbocycles. The largest absolute Gasteiger partial charge is 0.469 e. The summed E-state index contributed by atoms with van der Waals surface area (Å²) in [5.41, 5.74) is 7.70. The van der Waals surface area contributed by atoms with Crippen LogP contribution in [0.1, 0.15) is 18.2 Å². The second-order valence-corrected chi connectivity index (χ2v) is 3.99. The van der Waals surface area contributed by atoms with E-state index in [0.29, 0.717) is 5.82 Å². The molecule has 0 aromatic carbocycles. The fraction of sp³-hybridized carbons (Fsp3) is 0.333. The summed E-state index contributed by atoms with van der Waals surface area (Å²) in [6.07, 6.45) is 6.07. The van der Waals surface area contributed by atoms with E-state index in [1.54, 1.807) is 6.26 Å². The molecular weight excluding hydrogens is 202 g/mol. The van der Waals surface area contributed by atoms with Crippen LogP contribution in [0.15, 0.2) is 29.1 Å². The lowest BCUT2D eigenvalue weighted by Crippen LogP contribution is -2.18. The highest BCUT2D eigenvalue weighted by atomic mass is 16.3. The Kier molecular flexibility index (Phi) is 3.01. The van der Waals surface area contributed by atoms with Crippen molar-refractivity contribution in [1.29, 1.82) is 0 Å². The SMILES string of the molecule is Cc1occc1-c1ncc(CC(C)N)cn1. The van der Waals surface area contributed by atoms with E-state index in [-0.39, 0.29) is 6.04 Å². The molecule has 0 fully saturated rings. The van der Waals surface area contributed by atoms with Gasteiger partial charge >= 0.3 is 0 Å². The molecule has 4 nitrogen and oxygen atoms in total. The minimum absolute atomic E-state index is 0.130. The van der Waals surface area contributed by atoms with E-state index in [2.05, 4.69) is 9.97 Å². The maximum absolute atomic E-state index is 5.71. The van der Waals surface area contributed by atoms with Crippen LogP contribution in [-0.4, -0.2) is 16.0 Å². The maximum Gasteiger partial charge on any atom is 0.162 e. The molecule has 2 aromatic heterocycles. The lowest BCUT2D eigenvalue weighted by molar-refractivity contribution is 0.535. The Morgan fingerprint density at radius 3 is 2.56 bits per heavy atom. The van der Waals surface area contributed by atoms with Gasteiger partial charge < -0.3 is 10.2 Å². The fourth-order valence-electron chi connectivity index (χ4n) is 1.59. The maximum atomic E-state index is 5.71. The molecular formula is C12H15N3O. The van der Waals surface area contributed by atoms with Crippen LogP contribution in [0.2, 0.25) is 0 Å². The molecule has 0 radical (unpaired) electrons. The standard InChI is InChI=1S/C12H15N3O/c1-8(13)5-10-6-14-12(15-7-10)11-3-4-16-9(11)2/h3-4,6-8H,5,13H2,1-2H3. The topological polar surface area (TPSA) is 64.9 Å². The number of rotatable bonds is 3. The number of hydrogen-bond acceptors (Lipinski definition) is 4. The monoisotopic (exact) mass is 217 g/mol. The molecule has 2 N–H and O–H groups in total. The summed E-state index contributed by atoms with van der Waals surface area (Å²) in [6.45, 7) is 3.86. The molecule has 0 bridgehead atoms. The van der Waals surface area contributed by atoms with E-state index >= 15 is 0 Å². The van der Waals surface area contributed by atoms with Gasteiger partial charge in [-0.2, -0.15) is 0 Å². The Labute approximate surface area is 94.5 Å². The van der Waals surface area contributed by atoms with Crippen molar-refractivity contribution in [3.05, 3.63) is 36.0 Å². The van der Waals surface area contributed by atoms with Crippen LogP contribution in [0.5, 0.6) is 0 Å². The van der Waals surface area contributed by atoms with Crippen LogP contribution in [0.3, 0.4) is 0 Å². The molecule has 1 unspecified atom stereocenters. The first-order chi connectivity index (χ1) is 7.66. The lowest BCUT2D eigenvalue weighted by atomic mass is 10.1. The van der Waals surface area contributed by atoms with Crippen molar-refractivity contribution in [3.63, 3.8) is 0 Å². The average molecular weight is 217 g/mol. The number of furan rings is 1. The van der Waals surface area contributed by atoms with Gasteiger partial charge in [0.25, 0.3) is 0 Å². The fourth-order valence-corrected chi connectivity index (χ4v) is 1.59. The van der Waals surface area contributed by atoms with Gasteiger partial charge in [0.2, 0.25) is 0 Å². The molecule has 2 heterocycles. The second kappa shape index (κ2) is 4.45. The van der Waals surface area contributed by atoms with Crippen LogP contribution in [-0.2, 0) is 6.42 Å². The Bertz CT molecular complexity index is 459. The number of aromatic nitrogens is 2. The van der Waals surface area contributed by atoms with Gasteiger partial charge in [-0.25, -0.2) is 9.97 Å². The van der Waals surface area contributed by atoms with Crippen molar-refractivity contribution < 1.29 is 4.42 Å². The van der Waals surface area contributed by atoms with E-state index in [0.717, 1.165) is 23.3 Å². The van der Waals surface area contributed by atoms with Gasteiger partial charge in [-0.05, 0) is 31.9 Å². The summed E-state index contributed by atoms with van der Waals surface area (Å²) < 4.78 is 5.21. The van der Waals surface area contributed by atoms with E-state index < -0.39 is 0 Å². The quantitative estimate of drug-likeness (QED) is 0.853. The molecule has 4 heteroatoms. The van der Waals surface area contributed by atoms with Gasteiger partial charge in [-0.15, -0.1) is 0 Å². The number of hydrogen-bond donors (Lipinski definition) is 1. The van der Waals surface area contributed by atoms with Gasteiger partial charge in [-0.3, -0.25) is 0 Å². The van der Waals surface area contributed by atoms with Crippen molar-refractivity contribution in [3.8, 4) is 11.4 Å². The minimum atomic E-state index is 0.130. The van der Waals surface area contributed by atoms with Crippen LogP contribution in [0, 0.1) is 6.92 Å². The molecule has 0 spiro atoms. The Balaban J connectivity index is 2.23. The van der Waals surface area contributed by atoms with E-state index in [1.807, 2.05) is 32.3 Å². The molecule has 0 saturated heterocycles. The summed E-state index contributed by atoms with van der Waals surface area (Å²) in [5, 5.41) is 0. The van der Waals surface area contributed by atoms with Crippen molar-refractivity contribution in [2.45, 2.75) is 26.3 Å². The van der Waals surface area contributed by atoms with E-state index in [1.165, 1.54) is 0 Å². The highest BCUT2D eigenvalue weighted by Gasteiger charge is 2.07. The third-order valence-corrected chi connectivity index (χ3v) is 2.36. The molecule has 2 aromatic rings. The highest BCUT2D eigenvalue weighted by molar-refractivity contribution is 5.56. The predicted octanol–water partition coefficient (Wildman–Crippen LogP) is 1.93. The third-order valence-electron chi connectivity index (χ3n) is 2.36. The molecule has 16 heavy (non-hydrogen) atoms. The summed E-state index contributed by atoms with van der Waals surface area (Å²) in [4.78, 5) is 8.62. The average Bonchev–Trinajstić information content (AvgIpc) is 2.65. The first-order valence-electron chi connectivity index (χ1n) is 5.28. The third kappa shape index (κ3) is 2.28. The Hall–Kier alpha value is -1.68. The zero-order chi connectivity index (χ0) is 11.5. The second-order valence-electron chi connectivity index (χ2n) is 3.99. The smallest absolute Gasteiger partial charge is 0.162 e. The van der Waals surface area contributed by atoms with Crippen LogP contribution in [0.25, 0.3) is 11.4 Å². The predicted molar refractivity (Wildman–Crippen MR) is 61.8 cm³/mol. The summed E-state index contributed by atoms with van der Waals surface area (Å²) >= 11 is 0. The van der Waals surface area contributed by atoms with Crippen LogP contribution in [0.4, 0.5) is 0 Å². The zero-order valence-corrected chi connectivity index (χ0v) is 9.47. The van der Waals surface area contributed by atoms with Gasteiger partial charge in [0.15, 0.2) is 5.82 Å². The van der Waals surface area contributed by atoms with E-state index in [4.69, 9.17) is 10.2 Å². The molecule has 0 aliphatic rings. The van der Waals surface area contributed by atoms with Crippen molar-refractivity contribution in [2.75, 3.05) is 0 Å². The molecule has 0 amide bonds. The molecule has 84 valence electrons. The van der Waals surface area contributed by atoms with E-state index in [9.17, 15) is 0 Å².